The zero-order valence-corrected chi connectivity index (χ0v) is 16.9. The summed E-state index contributed by atoms with van der Waals surface area (Å²) in [6.07, 6.45) is 4.39. The fourth-order valence-electron chi connectivity index (χ4n) is 3.06. The van der Waals surface area contributed by atoms with Gasteiger partial charge in [0.25, 0.3) is 0 Å². The first-order chi connectivity index (χ1) is 14.1. The molecule has 0 aliphatic carbocycles. The lowest BCUT2D eigenvalue weighted by atomic mass is 10.1. The van der Waals surface area contributed by atoms with Crippen LogP contribution in [0.2, 0.25) is 0 Å². The van der Waals surface area contributed by atoms with Crippen LogP contribution < -0.4 is 20.1 Å². The second-order valence-electron chi connectivity index (χ2n) is 6.60. The van der Waals surface area contributed by atoms with Crippen LogP contribution in [0.3, 0.4) is 0 Å². The topological polar surface area (TPSA) is 77.4 Å². The summed E-state index contributed by atoms with van der Waals surface area (Å²) in [6, 6.07) is 15.1. The van der Waals surface area contributed by atoms with Gasteiger partial charge >= 0.3 is 6.03 Å². The Morgan fingerprint density at radius 1 is 1.14 bits per heavy atom. The molecule has 1 unspecified atom stereocenters. The molecule has 0 aliphatic rings. The van der Waals surface area contributed by atoms with Crippen LogP contribution in [-0.2, 0) is 6.42 Å². The maximum absolute atomic E-state index is 12.3. The molecule has 0 aliphatic heterocycles. The largest absolute Gasteiger partial charge is 0.497 e. The van der Waals surface area contributed by atoms with E-state index in [0.29, 0.717) is 18.0 Å². The molecule has 7 heteroatoms. The van der Waals surface area contributed by atoms with Crippen LogP contribution in [0, 0.1) is 0 Å². The molecule has 2 aromatic carbocycles. The third-order valence-electron chi connectivity index (χ3n) is 4.66. The van der Waals surface area contributed by atoms with Gasteiger partial charge in [0.15, 0.2) is 0 Å². The number of carbonyl (C=O) groups excluding carboxylic acids is 1. The lowest BCUT2D eigenvalue weighted by Gasteiger charge is -2.18. The van der Waals surface area contributed by atoms with Gasteiger partial charge in [-0.3, -0.25) is 0 Å². The van der Waals surface area contributed by atoms with E-state index in [4.69, 9.17) is 9.47 Å². The number of nitrogens with one attached hydrogen (secondary N) is 2. The predicted molar refractivity (Wildman–Crippen MR) is 112 cm³/mol. The molecule has 0 bridgehead atoms. The highest BCUT2D eigenvalue weighted by atomic mass is 16.5. The third kappa shape index (κ3) is 5.28. The minimum atomic E-state index is -0.228. The minimum absolute atomic E-state index is 0.226. The number of rotatable bonds is 8. The molecule has 0 fully saturated rings. The van der Waals surface area contributed by atoms with Gasteiger partial charge in [0.2, 0.25) is 0 Å². The van der Waals surface area contributed by atoms with Crippen LogP contribution in [0.4, 0.5) is 4.79 Å². The van der Waals surface area contributed by atoms with Crippen molar-refractivity contribution >= 4 is 6.03 Å². The molecule has 0 spiro atoms. The van der Waals surface area contributed by atoms with Crippen LogP contribution in [-0.4, -0.2) is 36.6 Å². The van der Waals surface area contributed by atoms with Crippen LogP contribution in [0.5, 0.6) is 11.5 Å². The number of aromatic nitrogens is 2. The molecule has 0 radical (unpaired) electrons. The molecule has 152 valence electrons. The van der Waals surface area contributed by atoms with Crippen molar-refractivity contribution in [3.05, 3.63) is 72.1 Å². The van der Waals surface area contributed by atoms with Crippen LogP contribution >= 0.6 is 0 Å². The van der Waals surface area contributed by atoms with Crippen molar-refractivity contribution in [1.82, 2.24) is 20.4 Å². The molecule has 3 rings (SSSR count). The third-order valence-corrected chi connectivity index (χ3v) is 4.66. The zero-order valence-electron chi connectivity index (χ0n) is 16.9. The molecule has 2 amide bonds. The average molecular weight is 394 g/mol. The van der Waals surface area contributed by atoms with Gasteiger partial charge in [-0.2, -0.15) is 5.10 Å². The fraction of sp³-hybridized carbons (Fsp3) is 0.273. The Bertz CT molecular complexity index is 924. The number of methoxy groups -OCH3 is 2. The molecular formula is C22H26N4O3. The van der Waals surface area contributed by atoms with E-state index in [1.807, 2.05) is 66.3 Å². The van der Waals surface area contributed by atoms with Gasteiger partial charge < -0.3 is 20.1 Å². The summed E-state index contributed by atoms with van der Waals surface area (Å²) < 4.78 is 12.5. The Kier molecular flexibility index (Phi) is 6.73. The van der Waals surface area contributed by atoms with E-state index in [9.17, 15) is 4.79 Å². The van der Waals surface area contributed by atoms with Gasteiger partial charge in [-0.05, 0) is 55.3 Å². The standard InChI is InChI=1S/C22H26N4O3/c1-16(20-15-19(28-2)9-10-21(20)29-3)25-22(27)23-13-11-17-5-7-18(8-6-17)26-14-4-12-24-26/h4-10,12,14-16H,11,13H2,1-3H3,(H2,23,25,27). The number of benzene rings is 2. The van der Waals surface area contributed by atoms with Crippen LogP contribution in [0.1, 0.15) is 24.1 Å². The van der Waals surface area contributed by atoms with E-state index < -0.39 is 0 Å². The van der Waals surface area contributed by atoms with Crippen molar-refractivity contribution < 1.29 is 14.3 Å². The highest BCUT2D eigenvalue weighted by Gasteiger charge is 2.15. The predicted octanol–water partition coefficient (Wildman–Crippen LogP) is 3.49. The smallest absolute Gasteiger partial charge is 0.315 e. The van der Waals surface area contributed by atoms with Crippen LogP contribution in [0.15, 0.2) is 60.9 Å². The quantitative estimate of drug-likeness (QED) is 0.613. The molecule has 2 N–H and O–H groups in total. The summed E-state index contributed by atoms with van der Waals surface area (Å²) in [4.78, 5) is 12.3. The average Bonchev–Trinajstić information content (AvgIpc) is 3.28. The highest BCUT2D eigenvalue weighted by Crippen LogP contribution is 2.29. The van der Waals surface area contributed by atoms with Crippen molar-refractivity contribution in [1.29, 1.82) is 0 Å². The van der Waals surface area contributed by atoms with E-state index in [2.05, 4.69) is 15.7 Å². The van der Waals surface area contributed by atoms with Gasteiger partial charge in [-0.1, -0.05) is 12.1 Å². The van der Waals surface area contributed by atoms with E-state index in [0.717, 1.165) is 23.2 Å². The van der Waals surface area contributed by atoms with Gasteiger partial charge in [-0.25, -0.2) is 9.48 Å². The fourth-order valence-corrected chi connectivity index (χ4v) is 3.06. The summed E-state index contributed by atoms with van der Waals surface area (Å²) in [5.41, 5.74) is 3.01. The summed E-state index contributed by atoms with van der Waals surface area (Å²) >= 11 is 0. The first kappa shape index (κ1) is 20.3. The maximum atomic E-state index is 12.3. The molecule has 0 saturated carbocycles. The Labute approximate surface area is 170 Å². The normalized spacial score (nSPS) is 11.6. The zero-order chi connectivity index (χ0) is 20.6. The van der Waals surface area contributed by atoms with Crippen molar-refractivity contribution in [2.75, 3.05) is 20.8 Å². The Hall–Kier alpha value is -3.48. The molecule has 1 atom stereocenters. The van der Waals surface area contributed by atoms with E-state index >= 15 is 0 Å². The van der Waals surface area contributed by atoms with E-state index in [1.165, 1.54) is 0 Å². The Balaban J connectivity index is 1.50. The minimum Gasteiger partial charge on any atom is -0.497 e. The Morgan fingerprint density at radius 2 is 1.93 bits per heavy atom. The molecule has 29 heavy (non-hydrogen) atoms. The summed E-state index contributed by atoms with van der Waals surface area (Å²) in [5.74, 6) is 1.42. The molecule has 1 heterocycles. The highest BCUT2D eigenvalue weighted by molar-refractivity contribution is 5.74. The van der Waals surface area contributed by atoms with Gasteiger partial charge in [0.1, 0.15) is 11.5 Å². The van der Waals surface area contributed by atoms with E-state index in [1.54, 1.807) is 20.4 Å². The lowest BCUT2D eigenvalue weighted by Crippen LogP contribution is -2.38. The number of hydrogen-bond acceptors (Lipinski definition) is 4. The number of amides is 2. The summed E-state index contributed by atoms with van der Waals surface area (Å²) in [5, 5.41) is 10.1. The molecule has 3 aromatic rings. The molecule has 0 saturated heterocycles. The Morgan fingerprint density at radius 3 is 2.59 bits per heavy atom. The van der Waals surface area contributed by atoms with Gasteiger partial charge in [-0.15, -0.1) is 0 Å². The molecule has 7 nitrogen and oxygen atoms in total. The van der Waals surface area contributed by atoms with Crippen LogP contribution in [0.25, 0.3) is 5.69 Å². The molecule has 1 aromatic heterocycles. The number of urea groups is 1. The molecular weight excluding hydrogens is 368 g/mol. The van der Waals surface area contributed by atoms with Crippen molar-refractivity contribution in [3.63, 3.8) is 0 Å². The van der Waals surface area contributed by atoms with Crippen molar-refractivity contribution in [3.8, 4) is 17.2 Å². The first-order valence-corrected chi connectivity index (χ1v) is 9.46. The second-order valence-corrected chi connectivity index (χ2v) is 6.60. The maximum Gasteiger partial charge on any atom is 0.315 e. The number of ether oxygens (including phenoxy) is 2. The van der Waals surface area contributed by atoms with E-state index in [-0.39, 0.29) is 12.1 Å². The first-order valence-electron chi connectivity index (χ1n) is 9.46. The number of hydrogen-bond donors (Lipinski definition) is 2. The summed E-state index contributed by atoms with van der Waals surface area (Å²) in [7, 11) is 3.22. The van der Waals surface area contributed by atoms with Crippen molar-refractivity contribution in [2.45, 2.75) is 19.4 Å². The van der Waals surface area contributed by atoms with Gasteiger partial charge in [0.05, 0.1) is 25.9 Å². The number of nitrogens with zero attached hydrogens (tertiary/aromatic N) is 2. The second kappa shape index (κ2) is 9.64. The van der Waals surface area contributed by atoms with Crippen molar-refractivity contribution in [2.24, 2.45) is 0 Å². The number of carbonyl (C=O) groups is 1. The lowest BCUT2D eigenvalue weighted by molar-refractivity contribution is 0.238. The SMILES string of the molecule is COc1ccc(OC)c(C(C)NC(=O)NCCc2ccc(-n3cccn3)cc2)c1. The monoisotopic (exact) mass is 394 g/mol. The summed E-state index contributed by atoms with van der Waals surface area (Å²) in [6.45, 7) is 2.44. The van der Waals surface area contributed by atoms with Gasteiger partial charge in [0, 0.05) is 24.5 Å².